The first-order chi connectivity index (χ1) is 10.1. The molecule has 0 saturated carbocycles. The fourth-order valence-corrected chi connectivity index (χ4v) is 3.59. The Morgan fingerprint density at radius 2 is 2.14 bits per heavy atom. The fourth-order valence-electron chi connectivity index (χ4n) is 1.88. The second kappa shape index (κ2) is 5.95. The van der Waals surface area contributed by atoms with Crippen LogP contribution in [0.2, 0.25) is 0 Å². The van der Waals surface area contributed by atoms with Crippen molar-refractivity contribution in [3.05, 3.63) is 46.1 Å². The van der Waals surface area contributed by atoms with Gasteiger partial charge in [0.15, 0.2) is 0 Å². The molecule has 0 aliphatic heterocycles. The van der Waals surface area contributed by atoms with E-state index >= 15 is 0 Å². The first-order valence-electron chi connectivity index (χ1n) is 6.37. The lowest BCUT2D eigenvalue weighted by Crippen LogP contribution is -2.01. The zero-order valence-corrected chi connectivity index (χ0v) is 13.3. The van der Waals surface area contributed by atoms with Gasteiger partial charge in [0.2, 0.25) is 11.8 Å². The number of rotatable bonds is 5. The molecule has 3 aromatic heterocycles. The van der Waals surface area contributed by atoms with E-state index in [1.165, 1.54) is 0 Å². The highest BCUT2D eigenvalue weighted by Crippen LogP contribution is 2.24. The van der Waals surface area contributed by atoms with E-state index in [1.54, 1.807) is 17.5 Å². The zero-order chi connectivity index (χ0) is 14.8. The summed E-state index contributed by atoms with van der Waals surface area (Å²) in [7, 11) is -1.13. The Kier molecular flexibility index (Phi) is 4.03. The van der Waals surface area contributed by atoms with Crippen molar-refractivity contribution in [3.63, 3.8) is 0 Å². The van der Waals surface area contributed by atoms with E-state index in [0.29, 0.717) is 23.3 Å². The summed E-state index contributed by atoms with van der Waals surface area (Å²) >= 11 is 1.59. The summed E-state index contributed by atoms with van der Waals surface area (Å²) in [6, 6.07) is 1.95. The first-order valence-corrected chi connectivity index (χ1v) is 8.80. The maximum atomic E-state index is 12.2. The summed E-state index contributed by atoms with van der Waals surface area (Å²) in [6.07, 6.45) is 1.63. The molecule has 0 amide bonds. The van der Waals surface area contributed by atoms with Crippen LogP contribution < -0.4 is 0 Å². The van der Waals surface area contributed by atoms with Gasteiger partial charge in [-0.3, -0.25) is 4.21 Å². The Hall–Kier alpha value is -1.73. The van der Waals surface area contributed by atoms with Crippen molar-refractivity contribution in [2.75, 3.05) is 0 Å². The lowest BCUT2D eigenvalue weighted by Gasteiger charge is -1.97. The molecule has 7 heteroatoms. The number of oxazole rings is 2. The molecule has 0 fully saturated rings. The van der Waals surface area contributed by atoms with Gasteiger partial charge in [-0.2, -0.15) is 11.3 Å². The van der Waals surface area contributed by atoms with Gasteiger partial charge in [-0.25, -0.2) is 9.97 Å². The quantitative estimate of drug-likeness (QED) is 0.719. The van der Waals surface area contributed by atoms with Gasteiger partial charge in [-0.1, -0.05) is 0 Å². The summed E-state index contributed by atoms with van der Waals surface area (Å²) in [5, 5.41) is 3.94. The van der Waals surface area contributed by atoms with Crippen molar-refractivity contribution in [3.8, 4) is 11.5 Å². The number of thiophene rings is 1. The van der Waals surface area contributed by atoms with Crippen LogP contribution in [0.25, 0.3) is 11.5 Å². The van der Waals surface area contributed by atoms with Crippen molar-refractivity contribution in [1.29, 1.82) is 0 Å². The van der Waals surface area contributed by atoms with Crippen LogP contribution in [0.15, 0.2) is 31.9 Å². The van der Waals surface area contributed by atoms with Gasteiger partial charge in [-0.05, 0) is 25.3 Å². The summed E-state index contributed by atoms with van der Waals surface area (Å²) in [5.41, 5.74) is 1.67. The Labute approximate surface area is 128 Å². The summed E-state index contributed by atoms with van der Waals surface area (Å²) in [5.74, 6) is 3.11. The van der Waals surface area contributed by atoms with Crippen LogP contribution in [-0.2, 0) is 22.3 Å². The van der Waals surface area contributed by atoms with E-state index in [4.69, 9.17) is 8.83 Å². The molecule has 0 N–H and O–H groups in total. The minimum atomic E-state index is -1.13. The Morgan fingerprint density at radius 1 is 1.29 bits per heavy atom. The average molecular weight is 322 g/mol. The normalized spacial score (nSPS) is 12.7. The van der Waals surface area contributed by atoms with E-state index in [-0.39, 0.29) is 5.75 Å². The van der Waals surface area contributed by atoms with Gasteiger partial charge in [0.05, 0.1) is 17.6 Å². The molecule has 0 bridgehead atoms. The topological polar surface area (TPSA) is 69.1 Å². The second-order valence-electron chi connectivity index (χ2n) is 4.63. The molecule has 1 atom stereocenters. The van der Waals surface area contributed by atoms with Crippen LogP contribution in [0.5, 0.6) is 0 Å². The second-order valence-corrected chi connectivity index (χ2v) is 6.86. The third kappa shape index (κ3) is 3.30. The lowest BCUT2D eigenvalue weighted by molar-refractivity contribution is 0.488. The van der Waals surface area contributed by atoms with Crippen LogP contribution in [-0.4, -0.2) is 14.2 Å². The Balaban J connectivity index is 1.71. The highest BCUT2D eigenvalue weighted by atomic mass is 32.2. The zero-order valence-electron chi connectivity index (χ0n) is 11.7. The smallest absolute Gasteiger partial charge is 0.227 e. The number of hydrogen-bond donors (Lipinski definition) is 0. The van der Waals surface area contributed by atoms with Crippen LogP contribution in [0.3, 0.4) is 0 Å². The molecule has 0 aliphatic rings. The number of aryl methyl sites for hydroxylation is 2. The molecule has 3 rings (SSSR count). The van der Waals surface area contributed by atoms with Crippen molar-refractivity contribution < 1.29 is 13.0 Å². The van der Waals surface area contributed by atoms with Gasteiger partial charge in [0.1, 0.15) is 17.3 Å². The average Bonchev–Trinajstić information content (AvgIpc) is 3.13. The number of hydrogen-bond acceptors (Lipinski definition) is 6. The Morgan fingerprint density at radius 3 is 2.81 bits per heavy atom. The third-order valence-electron chi connectivity index (χ3n) is 2.91. The number of aromatic nitrogens is 2. The van der Waals surface area contributed by atoms with Crippen LogP contribution in [0.4, 0.5) is 0 Å². The summed E-state index contributed by atoms with van der Waals surface area (Å²) in [6.45, 7) is 3.65. The molecular formula is C14H14N2O3S2. The predicted octanol–water partition coefficient (Wildman–Crippen LogP) is 3.46. The van der Waals surface area contributed by atoms with Gasteiger partial charge < -0.3 is 8.83 Å². The molecule has 0 aliphatic carbocycles. The Bertz CT molecular complexity index is 759. The van der Waals surface area contributed by atoms with E-state index in [9.17, 15) is 4.21 Å². The minimum Gasteiger partial charge on any atom is -0.445 e. The van der Waals surface area contributed by atoms with E-state index < -0.39 is 10.8 Å². The minimum absolute atomic E-state index is 0.286. The molecule has 0 aromatic carbocycles. The molecular weight excluding hydrogens is 308 g/mol. The van der Waals surface area contributed by atoms with Crippen LogP contribution in [0.1, 0.15) is 23.1 Å². The van der Waals surface area contributed by atoms with E-state index in [1.807, 2.05) is 30.7 Å². The molecule has 0 saturated heterocycles. The summed E-state index contributed by atoms with van der Waals surface area (Å²) in [4.78, 5) is 8.50. The van der Waals surface area contributed by atoms with Gasteiger partial charge in [0, 0.05) is 21.7 Å². The predicted molar refractivity (Wildman–Crippen MR) is 81.3 cm³/mol. The summed E-state index contributed by atoms with van der Waals surface area (Å²) < 4.78 is 23.1. The van der Waals surface area contributed by atoms with E-state index in [2.05, 4.69) is 9.97 Å². The molecule has 3 aromatic rings. The molecule has 0 radical (unpaired) electrons. The first kappa shape index (κ1) is 14.2. The highest BCUT2D eigenvalue weighted by molar-refractivity contribution is 7.83. The molecule has 3 heterocycles. The molecule has 0 spiro atoms. The monoisotopic (exact) mass is 322 g/mol. The highest BCUT2D eigenvalue weighted by Gasteiger charge is 2.15. The maximum Gasteiger partial charge on any atom is 0.227 e. The van der Waals surface area contributed by atoms with Gasteiger partial charge in [0.25, 0.3) is 0 Å². The molecule has 21 heavy (non-hydrogen) atoms. The van der Waals surface area contributed by atoms with Crippen LogP contribution >= 0.6 is 11.3 Å². The molecule has 1 unspecified atom stereocenters. The standard InChI is InChI=1S/C14H14N2O3S2/c1-9-5-15-13(18-9)8-21(17)7-12-10(2)19-14(16-12)11-3-4-20-6-11/h3-6H,7-8H2,1-2H3. The van der Waals surface area contributed by atoms with Gasteiger partial charge in [-0.15, -0.1) is 0 Å². The third-order valence-corrected chi connectivity index (χ3v) is 4.76. The van der Waals surface area contributed by atoms with Crippen molar-refractivity contribution in [2.45, 2.75) is 25.4 Å². The molecule has 110 valence electrons. The van der Waals surface area contributed by atoms with Crippen LogP contribution in [0, 0.1) is 13.8 Å². The maximum absolute atomic E-state index is 12.2. The van der Waals surface area contributed by atoms with Crippen molar-refractivity contribution in [2.24, 2.45) is 0 Å². The number of nitrogens with zero attached hydrogens (tertiary/aromatic N) is 2. The lowest BCUT2D eigenvalue weighted by atomic mass is 10.3. The van der Waals surface area contributed by atoms with E-state index in [0.717, 1.165) is 17.0 Å². The molecule has 5 nitrogen and oxygen atoms in total. The van der Waals surface area contributed by atoms with Gasteiger partial charge >= 0.3 is 0 Å². The fraction of sp³-hybridized carbons (Fsp3) is 0.286. The largest absolute Gasteiger partial charge is 0.445 e. The van der Waals surface area contributed by atoms with Crippen molar-refractivity contribution >= 4 is 22.1 Å². The van der Waals surface area contributed by atoms with Crippen molar-refractivity contribution in [1.82, 2.24) is 9.97 Å². The SMILES string of the molecule is Cc1cnc(CS(=O)Cc2nc(-c3ccsc3)oc2C)o1.